The summed E-state index contributed by atoms with van der Waals surface area (Å²) in [5.41, 5.74) is 4.83. The average Bonchev–Trinajstić information content (AvgIpc) is 3.22. The van der Waals surface area contributed by atoms with Crippen LogP contribution in [0.25, 0.3) is 0 Å². The van der Waals surface area contributed by atoms with E-state index >= 15 is 0 Å². The predicted molar refractivity (Wildman–Crippen MR) is 108 cm³/mol. The van der Waals surface area contributed by atoms with Gasteiger partial charge in [0.25, 0.3) is 11.8 Å². The van der Waals surface area contributed by atoms with Gasteiger partial charge in [-0.25, -0.2) is 0 Å². The fourth-order valence-corrected chi connectivity index (χ4v) is 3.96. The number of rotatable bonds is 3. The number of anilines is 1. The fraction of sp³-hybridized carbons (Fsp3) is 0.182. The van der Waals surface area contributed by atoms with E-state index in [1.165, 1.54) is 16.9 Å². The van der Waals surface area contributed by atoms with Gasteiger partial charge in [0.05, 0.1) is 4.88 Å². The van der Waals surface area contributed by atoms with E-state index in [1.807, 2.05) is 71.8 Å². The molecule has 136 valence electrons. The van der Waals surface area contributed by atoms with Crippen molar-refractivity contribution < 1.29 is 9.59 Å². The number of aryl methyl sites for hydroxylation is 1. The molecule has 0 aliphatic carbocycles. The van der Waals surface area contributed by atoms with Crippen LogP contribution in [-0.2, 0) is 13.0 Å². The Labute approximate surface area is 162 Å². The molecule has 1 aromatic heterocycles. The zero-order valence-electron chi connectivity index (χ0n) is 15.1. The van der Waals surface area contributed by atoms with Crippen LogP contribution in [0.2, 0.25) is 0 Å². The van der Waals surface area contributed by atoms with Crippen LogP contribution in [0.5, 0.6) is 0 Å². The zero-order chi connectivity index (χ0) is 18.8. The van der Waals surface area contributed by atoms with Crippen LogP contribution in [0.15, 0.2) is 60.0 Å². The minimum atomic E-state index is -0.128. The maximum atomic E-state index is 12.6. The quantitative estimate of drug-likeness (QED) is 0.731. The van der Waals surface area contributed by atoms with E-state index in [4.69, 9.17) is 0 Å². The van der Waals surface area contributed by atoms with Crippen molar-refractivity contribution in [2.24, 2.45) is 0 Å². The van der Waals surface area contributed by atoms with Crippen molar-refractivity contribution in [3.63, 3.8) is 0 Å². The van der Waals surface area contributed by atoms with E-state index in [0.717, 1.165) is 34.7 Å². The predicted octanol–water partition coefficient (Wildman–Crippen LogP) is 4.51. The standard InChI is InChI=1S/C22H20N2O2S/c1-15-4-6-17(7-5-15)21(25)23-19-9-8-16-10-11-24(14-18(16)13-19)22(26)20-3-2-12-27-20/h2-9,12-13H,10-11,14H2,1H3,(H,23,25). The van der Waals surface area contributed by atoms with Crippen molar-refractivity contribution >= 4 is 28.8 Å². The molecule has 0 saturated heterocycles. The molecule has 1 N–H and O–H groups in total. The molecule has 0 atom stereocenters. The van der Waals surface area contributed by atoms with E-state index in [-0.39, 0.29) is 11.8 Å². The third-order valence-electron chi connectivity index (χ3n) is 4.81. The number of amides is 2. The second kappa shape index (κ2) is 7.37. The summed E-state index contributed by atoms with van der Waals surface area (Å²) in [5.74, 6) is -0.0537. The number of fused-ring (bicyclic) bond motifs is 1. The summed E-state index contributed by atoms with van der Waals surface area (Å²) in [6.07, 6.45) is 0.832. The Balaban J connectivity index is 1.50. The Hall–Kier alpha value is -2.92. The molecule has 4 nitrogen and oxygen atoms in total. The van der Waals surface area contributed by atoms with Crippen molar-refractivity contribution in [3.8, 4) is 0 Å². The lowest BCUT2D eigenvalue weighted by molar-refractivity contribution is 0.0739. The number of nitrogens with zero attached hydrogens (tertiary/aromatic N) is 1. The van der Waals surface area contributed by atoms with Gasteiger partial charge in [-0.15, -0.1) is 11.3 Å². The second-order valence-corrected chi connectivity index (χ2v) is 7.71. The first kappa shape index (κ1) is 17.5. The van der Waals surface area contributed by atoms with Crippen LogP contribution in [0.1, 0.15) is 36.7 Å². The molecule has 0 spiro atoms. The van der Waals surface area contributed by atoms with Crippen molar-refractivity contribution in [1.82, 2.24) is 4.90 Å². The van der Waals surface area contributed by atoms with Gasteiger partial charge in [0.15, 0.2) is 0 Å². The van der Waals surface area contributed by atoms with E-state index < -0.39 is 0 Å². The van der Waals surface area contributed by atoms with Gasteiger partial charge < -0.3 is 10.2 Å². The lowest BCUT2D eigenvalue weighted by Crippen LogP contribution is -2.35. The van der Waals surface area contributed by atoms with Gasteiger partial charge in [0.2, 0.25) is 0 Å². The number of carbonyl (C=O) groups excluding carboxylic acids is 2. The molecule has 5 heteroatoms. The number of benzene rings is 2. The summed E-state index contributed by atoms with van der Waals surface area (Å²) < 4.78 is 0. The fourth-order valence-electron chi connectivity index (χ4n) is 3.27. The molecule has 27 heavy (non-hydrogen) atoms. The van der Waals surface area contributed by atoms with Crippen LogP contribution in [0.4, 0.5) is 5.69 Å². The highest BCUT2D eigenvalue weighted by molar-refractivity contribution is 7.12. The van der Waals surface area contributed by atoms with E-state index in [0.29, 0.717) is 12.1 Å². The number of hydrogen-bond acceptors (Lipinski definition) is 3. The van der Waals surface area contributed by atoms with Crippen LogP contribution < -0.4 is 5.32 Å². The van der Waals surface area contributed by atoms with Crippen molar-refractivity contribution in [3.05, 3.63) is 87.1 Å². The van der Waals surface area contributed by atoms with Gasteiger partial charge in [0.1, 0.15) is 0 Å². The average molecular weight is 376 g/mol. The monoisotopic (exact) mass is 376 g/mol. The first-order chi connectivity index (χ1) is 13.1. The largest absolute Gasteiger partial charge is 0.333 e. The molecular formula is C22H20N2O2S. The third-order valence-corrected chi connectivity index (χ3v) is 5.67. The Morgan fingerprint density at radius 1 is 1.04 bits per heavy atom. The molecule has 3 aromatic rings. The minimum Gasteiger partial charge on any atom is -0.333 e. The molecule has 4 rings (SSSR count). The van der Waals surface area contributed by atoms with Gasteiger partial charge in [-0.3, -0.25) is 9.59 Å². The van der Waals surface area contributed by atoms with Crippen LogP contribution in [0, 0.1) is 6.92 Å². The molecule has 1 aliphatic heterocycles. The minimum absolute atomic E-state index is 0.0738. The maximum Gasteiger partial charge on any atom is 0.264 e. The third kappa shape index (κ3) is 3.78. The summed E-state index contributed by atoms with van der Waals surface area (Å²) in [5, 5.41) is 4.88. The summed E-state index contributed by atoms with van der Waals surface area (Å²) in [7, 11) is 0. The van der Waals surface area contributed by atoms with Crippen molar-refractivity contribution in [2.75, 3.05) is 11.9 Å². The molecule has 0 bridgehead atoms. The summed E-state index contributed by atoms with van der Waals surface area (Å²) in [6, 6.07) is 17.2. The first-order valence-corrected chi connectivity index (χ1v) is 9.81. The summed E-state index contributed by atoms with van der Waals surface area (Å²) >= 11 is 1.47. The van der Waals surface area contributed by atoms with Gasteiger partial charge in [-0.2, -0.15) is 0 Å². The van der Waals surface area contributed by atoms with E-state index in [2.05, 4.69) is 5.32 Å². The Morgan fingerprint density at radius 2 is 1.85 bits per heavy atom. The number of hydrogen-bond donors (Lipinski definition) is 1. The Kier molecular flexibility index (Phi) is 4.77. The molecule has 2 amide bonds. The first-order valence-electron chi connectivity index (χ1n) is 8.93. The highest BCUT2D eigenvalue weighted by Gasteiger charge is 2.22. The number of thiophene rings is 1. The smallest absolute Gasteiger partial charge is 0.264 e. The second-order valence-electron chi connectivity index (χ2n) is 6.76. The van der Waals surface area contributed by atoms with Crippen LogP contribution in [0.3, 0.4) is 0 Å². The van der Waals surface area contributed by atoms with Gasteiger partial charge in [0, 0.05) is 24.3 Å². The maximum absolute atomic E-state index is 12.6. The molecule has 0 fully saturated rings. The zero-order valence-corrected chi connectivity index (χ0v) is 15.9. The summed E-state index contributed by atoms with van der Waals surface area (Å²) in [4.78, 5) is 27.7. The lowest BCUT2D eigenvalue weighted by atomic mass is 9.98. The molecule has 0 saturated carbocycles. The number of nitrogens with one attached hydrogen (secondary N) is 1. The SMILES string of the molecule is Cc1ccc(C(=O)Nc2ccc3c(c2)CN(C(=O)c2cccs2)CC3)cc1. The van der Waals surface area contributed by atoms with E-state index in [9.17, 15) is 9.59 Å². The van der Waals surface area contributed by atoms with Gasteiger partial charge >= 0.3 is 0 Å². The molecule has 2 heterocycles. The van der Waals surface area contributed by atoms with Crippen molar-refractivity contribution in [2.45, 2.75) is 19.9 Å². The summed E-state index contributed by atoms with van der Waals surface area (Å²) in [6.45, 7) is 3.29. The van der Waals surface area contributed by atoms with Gasteiger partial charge in [-0.1, -0.05) is 29.8 Å². The van der Waals surface area contributed by atoms with E-state index in [1.54, 1.807) is 0 Å². The normalized spacial score (nSPS) is 13.1. The highest BCUT2D eigenvalue weighted by atomic mass is 32.1. The van der Waals surface area contributed by atoms with Gasteiger partial charge in [-0.05, 0) is 60.2 Å². The van der Waals surface area contributed by atoms with Crippen LogP contribution >= 0.6 is 11.3 Å². The topological polar surface area (TPSA) is 49.4 Å². The molecule has 1 aliphatic rings. The molecular weight excluding hydrogens is 356 g/mol. The lowest BCUT2D eigenvalue weighted by Gasteiger charge is -2.29. The Bertz CT molecular complexity index is 978. The molecule has 2 aromatic carbocycles. The van der Waals surface area contributed by atoms with Crippen molar-refractivity contribution in [1.29, 1.82) is 0 Å². The Morgan fingerprint density at radius 3 is 2.59 bits per heavy atom. The number of carbonyl (C=O) groups is 2. The molecule has 0 radical (unpaired) electrons. The van der Waals surface area contributed by atoms with Crippen LogP contribution in [-0.4, -0.2) is 23.3 Å². The molecule has 0 unspecified atom stereocenters. The highest BCUT2D eigenvalue weighted by Crippen LogP contribution is 2.25.